The van der Waals surface area contributed by atoms with Crippen molar-refractivity contribution >= 4 is 40.0 Å². The van der Waals surface area contributed by atoms with E-state index in [0.29, 0.717) is 25.0 Å². The molecule has 1 aromatic rings. The Bertz CT molecular complexity index is 685. The summed E-state index contributed by atoms with van der Waals surface area (Å²) in [4.78, 5) is 8.10. The summed E-state index contributed by atoms with van der Waals surface area (Å²) >= 11 is 0. The second kappa shape index (κ2) is 14.9. The van der Waals surface area contributed by atoms with Gasteiger partial charge in [-0.05, 0) is 37.3 Å². The third-order valence-electron chi connectivity index (χ3n) is 4.33. The first-order chi connectivity index (χ1) is 13.6. The zero-order chi connectivity index (χ0) is 20.1. The minimum Gasteiger partial charge on any atom is -0.381 e. The normalized spacial score (nSPS) is 15.6. The third-order valence-corrected chi connectivity index (χ3v) is 5.78. The van der Waals surface area contributed by atoms with E-state index < -0.39 is 10.0 Å². The molecule has 0 bridgehead atoms. The average molecular weight is 541 g/mol. The van der Waals surface area contributed by atoms with Gasteiger partial charge in [0.1, 0.15) is 4.90 Å². The topological polar surface area (TPSA) is 114 Å². The Labute approximate surface area is 190 Å². The van der Waals surface area contributed by atoms with Crippen LogP contribution in [0, 0.1) is 5.92 Å². The van der Waals surface area contributed by atoms with Crippen LogP contribution in [-0.4, -0.2) is 72.5 Å². The monoisotopic (exact) mass is 541 g/mol. The Morgan fingerprint density at radius 1 is 1.28 bits per heavy atom. The number of hydrogen-bond acceptors (Lipinski definition) is 6. The van der Waals surface area contributed by atoms with Crippen molar-refractivity contribution in [1.82, 2.24) is 20.3 Å². The molecule has 0 spiro atoms. The van der Waals surface area contributed by atoms with Gasteiger partial charge in [0.2, 0.25) is 10.0 Å². The Hall–Kier alpha value is -1.02. The highest BCUT2D eigenvalue weighted by molar-refractivity contribution is 14.0. The minimum atomic E-state index is -3.54. The number of aromatic nitrogens is 1. The fraction of sp³-hybridized carbons (Fsp3) is 0.667. The van der Waals surface area contributed by atoms with E-state index in [1.165, 1.54) is 18.5 Å². The van der Waals surface area contributed by atoms with Gasteiger partial charge in [-0.2, -0.15) is 0 Å². The molecule has 11 heteroatoms. The van der Waals surface area contributed by atoms with Crippen LogP contribution in [0.4, 0.5) is 0 Å². The fourth-order valence-electron chi connectivity index (χ4n) is 2.72. The van der Waals surface area contributed by atoms with Gasteiger partial charge in [0.05, 0.1) is 0 Å². The first kappa shape index (κ1) is 26.0. The molecule has 3 N–H and O–H groups in total. The van der Waals surface area contributed by atoms with Gasteiger partial charge in [-0.15, -0.1) is 24.0 Å². The molecule has 2 heterocycles. The van der Waals surface area contributed by atoms with Crippen molar-refractivity contribution in [2.45, 2.75) is 24.2 Å². The number of rotatable bonds is 11. The summed E-state index contributed by atoms with van der Waals surface area (Å²) in [5.41, 5.74) is 0. The third kappa shape index (κ3) is 10.5. The Balaban J connectivity index is 0.00000420. The van der Waals surface area contributed by atoms with E-state index in [-0.39, 0.29) is 35.4 Å². The van der Waals surface area contributed by atoms with Gasteiger partial charge in [0.25, 0.3) is 0 Å². The van der Waals surface area contributed by atoms with Crippen LogP contribution in [0.15, 0.2) is 34.4 Å². The van der Waals surface area contributed by atoms with Crippen molar-refractivity contribution in [2.24, 2.45) is 10.9 Å². The van der Waals surface area contributed by atoms with Crippen LogP contribution in [0.2, 0.25) is 0 Å². The Kier molecular flexibility index (Phi) is 13.4. The molecule has 0 radical (unpaired) electrons. The zero-order valence-electron chi connectivity index (χ0n) is 16.8. The highest BCUT2D eigenvalue weighted by Gasteiger charge is 2.14. The molecular weight excluding hydrogens is 509 g/mol. The van der Waals surface area contributed by atoms with Crippen molar-refractivity contribution in [3.05, 3.63) is 24.5 Å². The highest BCUT2D eigenvalue weighted by Crippen LogP contribution is 2.14. The zero-order valence-corrected chi connectivity index (χ0v) is 19.9. The molecule has 1 saturated heterocycles. The molecule has 1 aliphatic rings. The lowest BCUT2D eigenvalue weighted by Gasteiger charge is -2.21. The number of sulfonamides is 1. The van der Waals surface area contributed by atoms with E-state index in [2.05, 4.69) is 25.3 Å². The second-order valence-electron chi connectivity index (χ2n) is 6.50. The van der Waals surface area contributed by atoms with Crippen molar-refractivity contribution in [3.63, 3.8) is 0 Å². The van der Waals surface area contributed by atoms with E-state index in [9.17, 15) is 8.42 Å². The van der Waals surface area contributed by atoms with Crippen LogP contribution < -0.4 is 15.4 Å². The van der Waals surface area contributed by atoms with Crippen LogP contribution in [0.3, 0.4) is 0 Å². The molecule has 1 aliphatic heterocycles. The number of hydrogen-bond donors (Lipinski definition) is 3. The predicted molar refractivity (Wildman–Crippen MR) is 123 cm³/mol. The average Bonchev–Trinajstić information content (AvgIpc) is 2.73. The van der Waals surface area contributed by atoms with Crippen molar-refractivity contribution in [1.29, 1.82) is 0 Å². The van der Waals surface area contributed by atoms with Crippen molar-refractivity contribution in [2.75, 3.05) is 53.1 Å². The molecule has 29 heavy (non-hydrogen) atoms. The van der Waals surface area contributed by atoms with Gasteiger partial charge in [-0.1, -0.05) is 0 Å². The summed E-state index contributed by atoms with van der Waals surface area (Å²) in [6, 6.07) is 3.10. The van der Waals surface area contributed by atoms with Gasteiger partial charge >= 0.3 is 0 Å². The summed E-state index contributed by atoms with van der Waals surface area (Å²) in [7, 11) is -1.86. The summed E-state index contributed by atoms with van der Waals surface area (Å²) < 4.78 is 37.8. The van der Waals surface area contributed by atoms with Crippen LogP contribution in [-0.2, 0) is 19.5 Å². The summed E-state index contributed by atoms with van der Waals surface area (Å²) in [6.45, 7) is 4.58. The number of nitrogens with zero attached hydrogens (tertiary/aromatic N) is 2. The molecule has 0 amide bonds. The maximum atomic E-state index is 12.1. The summed E-state index contributed by atoms with van der Waals surface area (Å²) in [5.74, 6) is 1.25. The SMILES string of the molecule is CN=C(NCCCOCC1CCOCC1)NCCNS(=O)(=O)c1cccnc1.I. The van der Waals surface area contributed by atoms with Crippen LogP contribution in [0.5, 0.6) is 0 Å². The number of nitrogens with one attached hydrogen (secondary N) is 3. The molecular formula is C18H32IN5O4S. The Morgan fingerprint density at radius 3 is 2.72 bits per heavy atom. The van der Waals surface area contributed by atoms with Crippen molar-refractivity contribution < 1.29 is 17.9 Å². The molecule has 0 atom stereocenters. The molecule has 2 rings (SSSR count). The lowest BCUT2D eigenvalue weighted by Crippen LogP contribution is -2.42. The van der Waals surface area contributed by atoms with Crippen molar-refractivity contribution in [3.8, 4) is 0 Å². The number of halogens is 1. The van der Waals surface area contributed by atoms with E-state index in [0.717, 1.165) is 45.6 Å². The van der Waals surface area contributed by atoms with E-state index in [1.54, 1.807) is 13.1 Å². The molecule has 0 unspecified atom stereocenters. The molecule has 1 aromatic heterocycles. The number of aliphatic imine (C=N–C) groups is 1. The quantitative estimate of drug-likeness (QED) is 0.166. The maximum absolute atomic E-state index is 12.1. The van der Waals surface area contributed by atoms with Gasteiger partial charge in [-0.3, -0.25) is 9.98 Å². The van der Waals surface area contributed by atoms with Gasteiger partial charge in [0, 0.05) is 65.5 Å². The molecule has 0 aliphatic carbocycles. The van der Waals surface area contributed by atoms with Gasteiger partial charge in [0.15, 0.2) is 5.96 Å². The van der Waals surface area contributed by atoms with E-state index in [1.807, 2.05) is 0 Å². The predicted octanol–water partition coefficient (Wildman–Crippen LogP) is 0.976. The minimum absolute atomic E-state index is 0. The van der Waals surface area contributed by atoms with Gasteiger partial charge < -0.3 is 20.1 Å². The Morgan fingerprint density at radius 2 is 2.03 bits per heavy atom. The lowest BCUT2D eigenvalue weighted by molar-refractivity contribution is 0.0203. The number of ether oxygens (including phenoxy) is 2. The molecule has 0 saturated carbocycles. The van der Waals surface area contributed by atoms with Crippen LogP contribution in [0.25, 0.3) is 0 Å². The molecule has 9 nitrogen and oxygen atoms in total. The lowest BCUT2D eigenvalue weighted by atomic mass is 10.0. The van der Waals surface area contributed by atoms with Crippen LogP contribution >= 0.6 is 24.0 Å². The van der Waals surface area contributed by atoms with E-state index >= 15 is 0 Å². The van der Waals surface area contributed by atoms with Gasteiger partial charge in [-0.25, -0.2) is 13.1 Å². The first-order valence-electron chi connectivity index (χ1n) is 9.61. The fourth-order valence-corrected chi connectivity index (χ4v) is 3.72. The molecule has 166 valence electrons. The largest absolute Gasteiger partial charge is 0.381 e. The van der Waals surface area contributed by atoms with Crippen LogP contribution in [0.1, 0.15) is 19.3 Å². The maximum Gasteiger partial charge on any atom is 0.242 e. The molecule has 1 fully saturated rings. The first-order valence-corrected chi connectivity index (χ1v) is 11.1. The highest BCUT2D eigenvalue weighted by atomic mass is 127. The molecule has 0 aromatic carbocycles. The number of guanidine groups is 1. The smallest absolute Gasteiger partial charge is 0.242 e. The standard InChI is InChI=1S/C18H31N5O4S.HI/c1-19-18(21-8-3-11-27-15-16-5-12-26-13-6-16)22-9-10-23-28(24,25)17-4-2-7-20-14-17;/h2,4,7,14,16,23H,3,5-6,8-13,15H2,1H3,(H2,19,21,22);1H. The second-order valence-corrected chi connectivity index (χ2v) is 8.26. The number of pyridine rings is 1. The summed E-state index contributed by atoms with van der Waals surface area (Å²) in [6.07, 6.45) is 5.89. The summed E-state index contributed by atoms with van der Waals surface area (Å²) in [5, 5.41) is 6.27. The van der Waals surface area contributed by atoms with E-state index in [4.69, 9.17) is 9.47 Å².